The van der Waals surface area contributed by atoms with E-state index in [9.17, 15) is 13.6 Å². The van der Waals surface area contributed by atoms with Gasteiger partial charge in [-0.3, -0.25) is 0 Å². The number of ether oxygens (including phenoxy) is 3. The molecular weight excluding hydrogens is 390 g/mol. The topological polar surface area (TPSA) is 44.8 Å². The van der Waals surface area contributed by atoms with Gasteiger partial charge in [0.2, 0.25) is 5.82 Å². The SMILES string of the molecule is CCCCOc1ccc(C(=O)Oc2ccc(OCC3CC[CH]CC3)cc2)c(F)c1F. The summed E-state index contributed by atoms with van der Waals surface area (Å²) >= 11 is 0. The van der Waals surface area contributed by atoms with E-state index in [1.165, 1.54) is 12.1 Å². The predicted molar refractivity (Wildman–Crippen MR) is 110 cm³/mol. The Morgan fingerprint density at radius 1 is 0.967 bits per heavy atom. The predicted octanol–water partition coefficient (Wildman–Crippen LogP) is 6.14. The summed E-state index contributed by atoms with van der Waals surface area (Å²) in [5.74, 6) is -2.20. The number of esters is 1. The lowest BCUT2D eigenvalue weighted by molar-refractivity contribution is 0.0728. The van der Waals surface area contributed by atoms with Crippen LogP contribution in [-0.4, -0.2) is 19.2 Å². The summed E-state index contributed by atoms with van der Waals surface area (Å²) in [7, 11) is 0. The Morgan fingerprint density at radius 3 is 2.37 bits per heavy atom. The summed E-state index contributed by atoms with van der Waals surface area (Å²) in [4.78, 5) is 12.3. The number of benzene rings is 2. The maximum Gasteiger partial charge on any atom is 0.346 e. The minimum atomic E-state index is -1.28. The van der Waals surface area contributed by atoms with E-state index in [-0.39, 0.29) is 18.1 Å². The molecule has 1 aliphatic carbocycles. The van der Waals surface area contributed by atoms with E-state index in [0.717, 1.165) is 38.5 Å². The van der Waals surface area contributed by atoms with Crippen molar-refractivity contribution < 1.29 is 27.8 Å². The van der Waals surface area contributed by atoms with Crippen LogP contribution in [0.5, 0.6) is 17.2 Å². The Balaban J connectivity index is 1.56. The van der Waals surface area contributed by atoms with Gasteiger partial charge in [-0.1, -0.05) is 13.3 Å². The molecule has 0 bridgehead atoms. The lowest BCUT2D eigenvalue weighted by Gasteiger charge is -2.21. The van der Waals surface area contributed by atoms with Crippen LogP contribution in [0.15, 0.2) is 36.4 Å². The summed E-state index contributed by atoms with van der Waals surface area (Å²) in [6.07, 6.45) is 8.45. The molecule has 0 N–H and O–H groups in total. The second-order valence-electron chi connectivity index (χ2n) is 7.42. The fraction of sp³-hybridized carbons (Fsp3) is 0.417. The van der Waals surface area contributed by atoms with Crippen molar-refractivity contribution in [2.45, 2.75) is 45.4 Å². The van der Waals surface area contributed by atoms with E-state index >= 15 is 0 Å². The number of halogens is 2. The highest BCUT2D eigenvalue weighted by molar-refractivity contribution is 5.91. The van der Waals surface area contributed by atoms with Gasteiger partial charge in [0, 0.05) is 0 Å². The molecule has 0 atom stereocenters. The lowest BCUT2D eigenvalue weighted by atomic mass is 9.90. The van der Waals surface area contributed by atoms with Crippen LogP contribution in [0.25, 0.3) is 0 Å². The third kappa shape index (κ3) is 5.94. The van der Waals surface area contributed by atoms with Gasteiger partial charge in [0.05, 0.1) is 18.8 Å². The third-order valence-corrected chi connectivity index (χ3v) is 5.10. The molecule has 0 aliphatic heterocycles. The molecule has 1 saturated carbocycles. The van der Waals surface area contributed by atoms with Gasteiger partial charge < -0.3 is 14.2 Å². The molecule has 6 heteroatoms. The standard InChI is InChI=1S/C24H27F2O4/c1-2-3-15-28-21-14-13-20(22(25)23(21)26)24(27)30-19-11-9-18(10-12-19)29-16-17-7-5-4-6-8-17/h4,9-14,17H,2-3,5-8,15-16H2,1H3. The molecule has 3 rings (SSSR count). The Bertz CT molecular complexity index is 830. The van der Waals surface area contributed by atoms with Crippen molar-refractivity contribution in [1.82, 2.24) is 0 Å². The molecule has 0 unspecified atom stereocenters. The Labute approximate surface area is 176 Å². The first-order valence-electron chi connectivity index (χ1n) is 10.5. The molecule has 0 aromatic heterocycles. The number of carbonyl (C=O) groups excluding carboxylic acids is 1. The molecular formula is C24H27F2O4. The Kier molecular flexibility index (Phi) is 8.05. The summed E-state index contributed by atoms with van der Waals surface area (Å²) < 4.78 is 44.6. The number of carbonyl (C=O) groups is 1. The zero-order valence-corrected chi connectivity index (χ0v) is 17.2. The van der Waals surface area contributed by atoms with Crippen LogP contribution in [0.3, 0.4) is 0 Å². The first kappa shape index (κ1) is 22.1. The lowest BCUT2D eigenvalue weighted by Crippen LogP contribution is -2.15. The first-order valence-corrected chi connectivity index (χ1v) is 10.5. The number of rotatable bonds is 9. The summed E-state index contributed by atoms with van der Waals surface area (Å²) in [6.45, 7) is 2.90. The molecule has 161 valence electrons. The minimum absolute atomic E-state index is 0.213. The Hall–Kier alpha value is -2.63. The van der Waals surface area contributed by atoms with Gasteiger partial charge >= 0.3 is 5.97 Å². The first-order chi connectivity index (χ1) is 14.6. The van der Waals surface area contributed by atoms with Gasteiger partial charge in [-0.15, -0.1) is 0 Å². The normalized spacial score (nSPS) is 14.4. The molecule has 0 spiro atoms. The van der Waals surface area contributed by atoms with Gasteiger partial charge in [-0.25, -0.2) is 9.18 Å². The van der Waals surface area contributed by atoms with Crippen molar-refractivity contribution in [1.29, 1.82) is 0 Å². The van der Waals surface area contributed by atoms with Crippen LogP contribution in [0, 0.1) is 24.0 Å². The molecule has 0 amide bonds. The highest BCUT2D eigenvalue weighted by Crippen LogP contribution is 2.26. The van der Waals surface area contributed by atoms with Crippen molar-refractivity contribution in [2.24, 2.45) is 5.92 Å². The van der Waals surface area contributed by atoms with Crippen LogP contribution < -0.4 is 14.2 Å². The van der Waals surface area contributed by atoms with Crippen molar-refractivity contribution in [3.63, 3.8) is 0 Å². The molecule has 2 aromatic rings. The van der Waals surface area contributed by atoms with Gasteiger partial charge in [-0.2, -0.15) is 4.39 Å². The van der Waals surface area contributed by atoms with Crippen LogP contribution in [0.4, 0.5) is 8.78 Å². The van der Waals surface area contributed by atoms with E-state index in [0.29, 0.717) is 18.3 Å². The van der Waals surface area contributed by atoms with Crippen LogP contribution in [0.1, 0.15) is 55.8 Å². The van der Waals surface area contributed by atoms with Crippen molar-refractivity contribution in [2.75, 3.05) is 13.2 Å². The van der Waals surface area contributed by atoms with E-state index < -0.39 is 23.2 Å². The summed E-state index contributed by atoms with van der Waals surface area (Å²) in [5, 5.41) is 0. The van der Waals surface area contributed by atoms with E-state index in [1.54, 1.807) is 24.3 Å². The van der Waals surface area contributed by atoms with Crippen LogP contribution in [-0.2, 0) is 0 Å². The van der Waals surface area contributed by atoms with Gasteiger partial charge in [-0.05, 0) is 80.8 Å². The minimum Gasteiger partial charge on any atom is -0.493 e. The highest BCUT2D eigenvalue weighted by atomic mass is 19.2. The fourth-order valence-electron chi connectivity index (χ4n) is 3.27. The second-order valence-corrected chi connectivity index (χ2v) is 7.42. The molecule has 30 heavy (non-hydrogen) atoms. The summed E-state index contributed by atoms with van der Waals surface area (Å²) in [5.41, 5.74) is -0.482. The van der Waals surface area contributed by atoms with Crippen molar-refractivity contribution >= 4 is 5.97 Å². The second kappa shape index (κ2) is 11.0. The van der Waals surface area contributed by atoms with Gasteiger partial charge in [0.15, 0.2) is 11.6 Å². The maximum absolute atomic E-state index is 14.3. The summed E-state index contributed by atoms with van der Waals surface area (Å²) in [6, 6.07) is 8.93. The zero-order chi connectivity index (χ0) is 21.3. The smallest absolute Gasteiger partial charge is 0.346 e. The molecule has 1 aliphatic rings. The molecule has 1 radical (unpaired) electrons. The number of hydrogen-bond donors (Lipinski definition) is 0. The van der Waals surface area contributed by atoms with Crippen molar-refractivity contribution in [3.8, 4) is 17.2 Å². The molecule has 0 saturated heterocycles. The van der Waals surface area contributed by atoms with Gasteiger partial charge in [0.1, 0.15) is 11.5 Å². The van der Waals surface area contributed by atoms with E-state index in [2.05, 4.69) is 6.42 Å². The third-order valence-electron chi connectivity index (χ3n) is 5.10. The molecule has 0 heterocycles. The number of unbranched alkanes of at least 4 members (excludes halogenated alkanes) is 1. The van der Waals surface area contributed by atoms with Crippen LogP contribution >= 0.6 is 0 Å². The maximum atomic E-state index is 14.3. The molecule has 2 aromatic carbocycles. The quantitative estimate of drug-likeness (QED) is 0.279. The highest BCUT2D eigenvalue weighted by Gasteiger charge is 2.21. The van der Waals surface area contributed by atoms with Crippen LogP contribution in [0.2, 0.25) is 0 Å². The molecule has 1 fully saturated rings. The average molecular weight is 417 g/mol. The fourth-order valence-corrected chi connectivity index (χ4v) is 3.27. The van der Waals surface area contributed by atoms with E-state index in [4.69, 9.17) is 14.2 Å². The number of hydrogen-bond acceptors (Lipinski definition) is 4. The van der Waals surface area contributed by atoms with E-state index in [1.807, 2.05) is 6.92 Å². The van der Waals surface area contributed by atoms with Gasteiger partial charge in [0.25, 0.3) is 0 Å². The largest absolute Gasteiger partial charge is 0.493 e. The Morgan fingerprint density at radius 2 is 1.67 bits per heavy atom. The van der Waals surface area contributed by atoms with Crippen molar-refractivity contribution in [3.05, 3.63) is 60.0 Å². The molecule has 4 nitrogen and oxygen atoms in total. The zero-order valence-electron chi connectivity index (χ0n) is 17.2. The average Bonchev–Trinajstić information content (AvgIpc) is 2.77. The monoisotopic (exact) mass is 417 g/mol.